The number of carbonyl (C=O) groups is 1. The van der Waals surface area contributed by atoms with Gasteiger partial charge in [-0.3, -0.25) is 0 Å². The maximum atomic E-state index is 12.9. The van der Waals surface area contributed by atoms with Gasteiger partial charge in [0.2, 0.25) is 0 Å². The lowest BCUT2D eigenvalue weighted by Crippen LogP contribution is -2.58. The third-order valence-corrected chi connectivity index (χ3v) is 6.52. The predicted molar refractivity (Wildman–Crippen MR) is 86.9 cm³/mol. The van der Waals surface area contributed by atoms with E-state index in [0.29, 0.717) is 6.04 Å². The Bertz CT molecular complexity index is 421. The molecule has 5 heteroatoms. The molecule has 4 fully saturated rings. The number of amides is 2. The second-order valence-electron chi connectivity index (χ2n) is 7.73. The molecule has 4 aliphatic rings. The molecule has 2 unspecified atom stereocenters. The van der Waals surface area contributed by atoms with Crippen LogP contribution >= 0.6 is 0 Å². The summed E-state index contributed by atoms with van der Waals surface area (Å²) in [5.41, 5.74) is 0.156. The lowest BCUT2D eigenvalue weighted by molar-refractivity contribution is 0.108. The van der Waals surface area contributed by atoms with Gasteiger partial charge in [-0.15, -0.1) is 0 Å². The highest BCUT2D eigenvalue weighted by Gasteiger charge is 2.44. The monoisotopic (exact) mass is 306 g/mol. The lowest BCUT2D eigenvalue weighted by atomic mass is 9.86. The number of piperidine rings is 2. The van der Waals surface area contributed by atoms with Gasteiger partial charge in [0.15, 0.2) is 0 Å². The molecule has 0 aromatic carbocycles. The molecule has 5 nitrogen and oxygen atoms in total. The third-order valence-electron chi connectivity index (χ3n) is 6.52. The SMILES string of the molecule is O=C(NC1CCN2CCCC2C1)N1CCCC12CCNCC2. The minimum absolute atomic E-state index is 0.156. The van der Waals surface area contributed by atoms with Crippen molar-refractivity contribution in [3.63, 3.8) is 0 Å². The van der Waals surface area contributed by atoms with Crippen LogP contribution < -0.4 is 10.6 Å². The number of likely N-dealkylation sites (tertiary alicyclic amines) is 1. The fourth-order valence-electron chi connectivity index (χ4n) is 5.28. The minimum Gasteiger partial charge on any atom is -0.335 e. The van der Waals surface area contributed by atoms with Gasteiger partial charge >= 0.3 is 6.03 Å². The van der Waals surface area contributed by atoms with Crippen molar-refractivity contribution in [1.82, 2.24) is 20.4 Å². The number of fused-ring (bicyclic) bond motifs is 1. The summed E-state index contributed by atoms with van der Waals surface area (Å²) < 4.78 is 0. The molecule has 2 amide bonds. The van der Waals surface area contributed by atoms with Crippen molar-refractivity contribution in [3.8, 4) is 0 Å². The van der Waals surface area contributed by atoms with E-state index in [-0.39, 0.29) is 11.6 Å². The normalized spacial score (nSPS) is 34.8. The number of rotatable bonds is 1. The first-order chi connectivity index (χ1) is 10.8. The van der Waals surface area contributed by atoms with Crippen molar-refractivity contribution in [3.05, 3.63) is 0 Å². The zero-order chi connectivity index (χ0) is 15.0. The smallest absolute Gasteiger partial charge is 0.318 e. The van der Waals surface area contributed by atoms with E-state index in [1.165, 1.54) is 38.8 Å². The molecule has 2 N–H and O–H groups in total. The van der Waals surface area contributed by atoms with E-state index >= 15 is 0 Å². The zero-order valence-electron chi connectivity index (χ0n) is 13.6. The number of nitrogens with zero attached hydrogens (tertiary/aromatic N) is 2. The van der Waals surface area contributed by atoms with Crippen LogP contribution in [0.15, 0.2) is 0 Å². The molecule has 0 aliphatic carbocycles. The van der Waals surface area contributed by atoms with Crippen LogP contribution in [0.25, 0.3) is 0 Å². The summed E-state index contributed by atoms with van der Waals surface area (Å²) in [7, 11) is 0. The molecule has 4 heterocycles. The van der Waals surface area contributed by atoms with Crippen LogP contribution in [0, 0.1) is 0 Å². The van der Waals surface area contributed by atoms with E-state index < -0.39 is 0 Å². The number of urea groups is 1. The Morgan fingerprint density at radius 2 is 1.91 bits per heavy atom. The first kappa shape index (κ1) is 14.8. The number of carbonyl (C=O) groups excluding carboxylic acids is 1. The highest BCUT2D eigenvalue weighted by Crippen LogP contribution is 2.37. The molecular weight excluding hydrogens is 276 g/mol. The Labute approximate surface area is 133 Å². The highest BCUT2D eigenvalue weighted by molar-refractivity contribution is 5.76. The van der Waals surface area contributed by atoms with Crippen molar-refractivity contribution >= 4 is 6.03 Å². The molecule has 2 atom stereocenters. The van der Waals surface area contributed by atoms with E-state index in [1.54, 1.807) is 0 Å². The van der Waals surface area contributed by atoms with Crippen LogP contribution in [-0.4, -0.2) is 66.2 Å². The molecule has 0 bridgehead atoms. The molecule has 4 rings (SSSR count). The summed E-state index contributed by atoms with van der Waals surface area (Å²) in [6.07, 6.45) is 9.58. The standard InChI is InChI=1S/C17H30N4O/c22-16(19-14-4-12-20-10-1-3-15(20)13-14)21-11-2-5-17(21)6-8-18-9-7-17/h14-15,18H,1-13H2,(H,19,22). The molecule has 0 radical (unpaired) electrons. The van der Waals surface area contributed by atoms with Crippen molar-refractivity contribution in [2.45, 2.75) is 69.0 Å². The van der Waals surface area contributed by atoms with Gasteiger partial charge in [0.05, 0.1) is 0 Å². The van der Waals surface area contributed by atoms with E-state index in [9.17, 15) is 4.79 Å². The molecule has 1 spiro atoms. The lowest BCUT2D eigenvalue weighted by Gasteiger charge is -2.43. The fraction of sp³-hybridized carbons (Fsp3) is 0.941. The van der Waals surface area contributed by atoms with Crippen LogP contribution in [0.1, 0.15) is 51.4 Å². The van der Waals surface area contributed by atoms with Gasteiger partial charge in [0.25, 0.3) is 0 Å². The molecule has 4 aliphatic heterocycles. The van der Waals surface area contributed by atoms with Crippen LogP contribution in [0.4, 0.5) is 4.79 Å². The van der Waals surface area contributed by atoms with Crippen molar-refractivity contribution in [1.29, 1.82) is 0 Å². The summed E-state index contributed by atoms with van der Waals surface area (Å²) in [5, 5.41) is 6.82. The molecule has 22 heavy (non-hydrogen) atoms. The van der Waals surface area contributed by atoms with Gasteiger partial charge in [-0.25, -0.2) is 4.79 Å². The topological polar surface area (TPSA) is 47.6 Å². The van der Waals surface area contributed by atoms with Crippen molar-refractivity contribution in [2.24, 2.45) is 0 Å². The molecule has 4 saturated heterocycles. The Morgan fingerprint density at radius 3 is 2.77 bits per heavy atom. The van der Waals surface area contributed by atoms with Gasteiger partial charge in [-0.05, 0) is 71.0 Å². The minimum atomic E-state index is 0.156. The van der Waals surface area contributed by atoms with E-state index in [4.69, 9.17) is 0 Å². The van der Waals surface area contributed by atoms with Crippen molar-refractivity contribution in [2.75, 3.05) is 32.7 Å². The quantitative estimate of drug-likeness (QED) is 0.772. The first-order valence-electron chi connectivity index (χ1n) is 9.30. The van der Waals surface area contributed by atoms with Crippen LogP contribution in [0.2, 0.25) is 0 Å². The number of hydrogen-bond donors (Lipinski definition) is 2. The van der Waals surface area contributed by atoms with Gasteiger partial charge in [0.1, 0.15) is 0 Å². The summed E-state index contributed by atoms with van der Waals surface area (Å²) >= 11 is 0. The maximum Gasteiger partial charge on any atom is 0.318 e. The average Bonchev–Trinajstić information content (AvgIpc) is 3.14. The molecule has 124 valence electrons. The van der Waals surface area contributed by atoms with Crippen molar-refractivity contribution < 1.29 is 4.79 Å². The number of hydrogen-bond acceptors (Lipinski definition) is 3. The zero-order valence-corrected chi connectivity index (χ0v) is 13.6. The second kappa shape index (κ2) is 6.00. The summed E-state index contributed by atoms with van der Waals surface area (Å²) in [6, 6.07) is 1.34. The van der Waals surface area contributed by atoms with Gasteiger partial charge in [-0.1, -0.05) is 0 Å². The predicted octanol–water partition coefficient (Wildman–Crippen LogP) is 1.54. The summed E-state index contributed by atoms with van der Waals surface area (Å²) in [6.45, 7) is 5.51. The Hall–Kier alpha value is -0.810. The molecule has 0 aromatic heterocycles. The average molecular weight is 306 g/mol. The Morgan fingerprint density at radius 1 is 1.05 bits per heavy atom. The molecule has 0 aromatic rings. The second-order valence-corrected chi connectivity index (χ2v) is 7.73. The number of nitrogens with one attached hydrogen (secondary N) is 2. The molecule has 0 saturated carbocycles. The van der Waals surface area contributed by atoms with Gasteiger partial charge < -0.3 is 20.4 Å². The van der Waals surface area contributed by atoms with Crippen LogP contribution in [0.3, 0.4) is 0 Å². The molecular formula is C17H30N4O. The largest absolute Gasteiger partial charge is 0.335 e. The van der Waals surface area contributed by atoms with Gasteiger partial charge in [0, 0.05) is 30.7 Å². The van der Waals surface area contributed by atoms with Gasteiger partial charge in [-0.2, -0.15) is 0 Å². The van der Waals surface area contributed by atoms with E-state index in [1.807, 2.05) is 0 Å². The third kappa shape index (κ3) is 2.62. The summed E-state index contributed by atoms with van der Waals surface area (Å²) in [4.78, 5) is 17.7. The Kier molecular flexibility index (Phi) is 4.03. The first-order valence-corrected chi connectivity index (χ1v) is 9.30. The van der Waals surface area contributed by atoms with E-state index in [0.717, 1.165) is 51.4 Å². The van der Waals surface area contributed by atoms with Crippen LogP contribution in [0.5, 0.6) is 0 Å². The highest BCUT2D eigenvalue weighted by atomic mass is 16.2. The van der Waals surface area contributed by atoms with Crippen LogP contribution in [-0.2, 0) is 0 Å². The maximum absolute atomic E-state index is 12.9. The van der Waals surface area contributed by atoms with E-state index in [2.05, 4.69) is 20.4 Å². The Balaban J connectivity index is 1.37. The summed E-state index contributed by atoms with van der Waals surface area (Å²) in [5.74, 6) is 0. The fourth-order valence-corrected chi connectivity index (χ4v) is 5.28.